The third-order valence-electron chi connectivity index (χ3n) is 1.77. The van der Waals surface area contributed by atoms with Crippen LogP contribution in [0.4, 0.5) is 0 Å². The van der Waals surface area contributed by atoms with E-state index in [9.17, 15) is 0 Å². The van der Waals surface area contributed by atoms with Crippen molar-refractivity contribution >= 4 is 11.7 Å². The summed E-state index contributed by atoms with van der Waals surface area (Å²) >= 11 is 0. The Bertz CT molecular complexity index is 193. The minimum absolute atomic E-state index is 0.248. The van der Waals surface area contributed by atoms with Gasteiger partial charge in [0.1, 0.15) is 17.8 Å². The molecule has 0 saturated carbocycles. The first-order valence-corrected chi connectivity index (χ1v) is 3.44. The van der Waals surface area contributed by atoms with E-state index in [-0.39, 0.29) is 6.17 Å². The van der Waals surface area contributed by atoms with Crippen molar-refractivity contribution in [3.8, 4) is 0 Å². The van der Waals surface area contributed by atoms with Crippen molar-refractivity contribution in [2.45, 2.75) is 26.9 Å². The van der Waals surface area contributed by atoms with E-state index in [4.69, 9.17) is 0 Å². The van der Waals surface area contributed by atoms with Crippen LogP contribution in [0.2, 0.25) is 0 Å². The van der Waals surface area contributed by atoms with E-state index in [0.29, 0.717) is 0 Å². The molecule has 0 aromatic heterocycles. The number of aliphatic imine (C=N–C) groups is 2. The van der Waals surface area contributed by atoms with Crippen molar-refractivity contribution in [1.29, 1.82) is 0 Å². The lowest BCUT2D eigenvalue weighted by atomic mass is 10.4. The highest BCUT2D eigenvalue weighted by Gasteiger charge is 2.12. The Labute approximate surface area is 61.5 Å². The van der Waals surface area contributed by atoms with Gasteiger partial charge in [-0.15, -0.1) is 0 Å². The van der Waals surface area contributed by atoms with Crippen LogP contribution < -0.4 is 0 Å². The summed E-state index contributed by atoms with van der Waals surface area (Å²) in [7, 11) is 2.00. The molecule has 0 aromatic rings. The fraction of sp³-hybridized carbons (Fsp3) is 0.714. The topological polar surface area (TPSA) is 28.0 Å². The zero-order valence-electron chi connectivity index (χ0n) is 6.92. The number of nitrogens with zero attached hydrogens (tertiary/aromatic N) is 3. The van der Waals surface area contributed by atoms with Crippen LogP contribution in [0.5, 0.6) is 0 Å². The number of hydrogen-bond donors (Lipinski definition) is 0. The maximum absolute atomic E-state index is 4.27. The fourth-order valence-electron chi connectivity index (χ4n) is 0.969. The summed E-state index contributed by atoms with van der Waals surface area (Å²) in [6.45, 7) is 5.98. The average Bonchev–Trinajstić information content (AvgIpc) is 1.82. The molecule has 3 heteroatoms. The molecule has 1 heterocycles. The lowest BCUT2D eigenvalue weighted by molar-refractivity contribution is 0.395. The molecule has 0 bridgehead atoms. The lowest BCUT2D eigenvalue weighted by Crippen LogP contribution is -2.35. The Morgan fingerprint density at radius 2 is 2.00 bits per heavy atom. The highest BCUT2D eigenvalue weighted by Crippen LogP contribution is 2.05. The molecule has 0 N–H and O–H groups in total. The molecule has 1 rings (SSSR count). The number of rotatable bonds is 0. The van der Waals surface area contributed by atoms with Gasteiger partial charge < -0.3 is 4.90 Å². The quantitative estimate of drug-likeness (QED) is 0.494. The Balaban J connectivity index is 2.85. The van der Waals surface area contributed by atoms with Gasteiger partial charge in [-0.3, -0.25) is 0 Å². The van der Waals surface area contributed by atoms with E-state index in [1.165, 1.54) is 0 Å². The standard InChI is InChI=1S/C7H13N3/c1-5-8-6(2)10(4)7(3)9-5/h6H,1-4H3. The normalized spacial score (nSPS) is 26.0. The van der Waals surface area contributed by atoms with Crippen LogP contribution >= 0.6 is 0 Å². The Hall–Kier alpha value is -0.860. The van der Waals surface area contributed by atoms with E-state index in [2.05, 4.69) is 16.9 Å². The van der Waals surface area contributed by atoms with Crippen LogP contribution in [0.25, 0.3) is 0 Å². The zero-order valence-corrected chi connectivity index (χ0v) is 6.92. The Kier molecular flexibility index (Phi) is 1.74. The molecule has 10 heavy (non-hydrogen) atoms. The SMILES string of the molecule is CC1=NC(C)N(C)C(C)=N1. The van der Waals surface area contributed by atoms with Crippen molar-refractivity contribution in [2.24, 2.45) is 9.98 Å². The van der Waals surface area contributed by atoms with E-state index >= 15 is 0 Å². The molecule has 1 atom stereocenters. The first-order valence-electron chi connectivity index (χ1n) is 3.44. The van der Waals surface area contributed by atoms with Crippen LogP contribution in [0, 0.1) is 0 Å². The molecule has 0 radical (unpaired) electrons. The van der Waals surface area contributed by atoms with Crippen LogP contribution in [0.1, 0.15) is 20.8 Å². The predicted octanol–water partition coefficient (Wildman–Crippen LogP) is 1.11. The van der Waals surface area contributed by atoms with Crippen molar-refractivity contribution in [2.75, 3.05) is 7.05 Å². The van der Waals surface area contributed by atoms with Crippen molar-refractivity contribution in [3.63, 3.8) is 0 Å². The Morgan fingerprint density at radius 3 is 2.50 bits per heavy atom. The van der Waals surface area contributed by atoms with E-state index in [0.717, 1.165) is 11.7 Å². The van der Waals surface area contributed by atoms with E-state index in [1.807, 2.05) is 25.8 Å². The van der Waals surface area contributed by atoms with E-state index < -0.39 is 0 Å². The third-order valence-corrected chi connectivity index (χ3v) is 1.77. The third kappa shape index (κ3) is 1.17. The lowest BCUT2D eigenvalue weighted by Gasteiger charge is -2.26. The van der Waals surface area contributed by atoms with Gasteiger partial charge >= 0.3 is 0 Å². The summed E-state index contributed by atoms with van der Waals surface area (Å²) in [6, 6.07) is 0. The molecule has 0 fully saturated rings. The molecule has 0 aliphatic carbocycles. The molecule has 1 aliphatic heterocycles. The molecule has 0 saturated heterocycles. The molecule has 56 valence electrons. The molecule has 1 unspecified atom stereocenters. The second-order valence-electron chi connectivity index (χ2n) is 2.58. The largest absolute Gasteiger partial charge is 0.341 e. The van der Waals surface area contributed by atoms with Gasteiger partial charge in [0.2, 0.25) is 0 Å². The van der Waals surface area contributed by atoms with Crippen molar-refractivity contribution in [3.05, 3.63) is 0 Å². The molecular formula is C7H13N3. The molecular weight excluding hydrogens is 126 g/mol. The summed E-state index contributed by atoms with van der Waals surface area (Å²) < 4.78 is 0. The zero-order chi connectivity index (χ0) is 7.72. The van der Waals surface area contributed by atoms with Crippen LogP contribution in [-0.4, -0.2) is 29.8 Å². The van der Waals surface area contributed by atoms with E-state index in [1.54, 1.807) is 0 Å². The minimum atomic E-state index is 0.248. The van der Waals surface area contributed by atoms with Crippen LogP contribution in [0.3, 0.4) is 0 Å². The van der Waals surface area contributed by atoms with Gasteiger partial charge in [0, 0.05) is 7.05 Å². The van der Waals surface area contributed by atoms with Gasteiger partial charge in [0.15, 0.2) is 0 Å². The van der Waals surface area contributed by atoms with Gasteiger partial charge in [0.05, 0.1) is 0 Å². The second-order valence-corrected chi connectivity index (χ2v) is 2.58. The first-order chi connectivity index (χ1) is 4.61. The van der Waals surface area contributed by atoms with Gasteiger partial charge in [-0.25, -0.2) is 9.98 Å². The van der Waals surface area contributed by atoms with Gasteiger partial charge in [0.25, 0.3) is 0 Å². The van der Waals surface area contributed by atoms with Crippen molar-refractivity contribution in [1.82, 2.24) is 4.90 Å². The summed E-state index contributed by atoms with van der Waals surface area (Å²) in [4.78, 5) is 10.5. The summed E-state index contributed by atoms with van der Waals surface area (Å²) in [5.41, 5.74) is 0. The summed E-state index contributed by atoms with van der Waals surface area (Å²) in [5, 5.41) is 0. The maximum atomic E-state index is 4.27. The van der Waals surface area contributed by atoms with Crippen LogP contribution in [-0.2, 0) is 0 Å². The highest BCUT2D eigenvalue weighted by molar-refractivity contribution is 5.96. The molecule has 1 aliphatic rings. The summed E-state index contributed by atoms with van der Waals surface area (Å²) in [6.07, 6.45) is 0.248. The van der Waals surface area contributed by atoms with Gasteiger partial charge in [-0.05, 0) is 20.8 Å². The molecule has 0 spiro atoms. The minimum Gasteiger partial charge on any atom is -0.341 e. The molecule has 0 aromatic carbocycles. The number of amidine groups is 2. The summed E-state index contributed by atoms with van der Waals surface area (Å²) in [5.74, 6) is 1.92. The van der Waals surface area contributed by atoms with Crippen molar-refractivity contribution < 1.29 is 0 Å². The molecule has 3 nitrogen and oxygen atoms in total. The smallest absolute Gasteiger partial charge is 0.124 e. The van der Waals surface area contributed by atoms with Gasteiger partial charge in [-0.2, -0.15) is 0 Å². The second kappa shape index (κ2) is 2.40. The monoisotopic (exact) mass is 139 g/mol. The fourth-order valence-corrected chi connectivity index (χ4v) is 0.969. The first kappa shape index (κ1) is 7.25. The Morgan fingerprint density at radius 1 is 1.40 bits per heavy atom. The maximum Gasteiger partial charge on any atom is 0.124 e. The molecule has 0 amide bonds. The predicted molar refractivity (Wildman–Crippen MR) is 43.4 cm³/mol. The van der Waals surface area contributed by atoms with Crippen LogP contribution in [0.15, 0.2) is 9.98 Å². The highest BCUT2D eigenvalue weighted by atomic mass is 15.3. The number of hydrogen-bond acceptors (Lipinski definition) is 3. The average molecular weight is 139 g/mol. The van der Waals surface area contributed by atoms with Gasteiger partial charge in [-0.1, -0.05) is 0 Å².